The highest BCUT2D eigenvalue weighted by Crippen LogP contribution is 2.56. The largest absolute Gasteiger partial charge is 0.454 e. The highest BCUT2D eigenvalue weighted by Gasteiger charge is 2.56. The van der Waals surface area contributed by atoms with Crippen molar-refractivity contribution in [3.63, 3.8) is 0 Å². The van der Waals surface area contributed by atoms with E-state index in [0.29, 0.717) is 11.4 Å². The van der Waals surface area contributed by atoms with Crippen LogP contribution in [-0.2, 0) is 10.2 Å². The number of halogens is 2. The van der Waals surface area contributed by atoms with Gasteiger partial charge in [-0.2, -0.15) is 5.01 Å². The van der Waals surface area contributed by atoms with Crippen LogP contribution in [0.1, 0.15) is 18.4 Å². The van der Waals surface area contributed by atoms with Crippen LogP contribution in [0.5, 0.6) is 11.5 Å². The molecule has 3 aliphatic rings. The molecule has 2 aromatic rings. The number of rotatable bonds is 3. The number of nitrogens with zero attached hydrogens (tertiary/aromatic N) is 2. The molecule has 0 saturated heterocycles. The van der Waals surface area contributed by atoms with E-state index < -0.39 is 11.4 Å². The van der Waals surface area contributed by atoms with Crippen LogP contribution in [-0.4, -0.2) is 17.8 Å². The quantitative estimate of drug-likeness (QED) is 0.663. The summed E-state index contributed by atoms with van der Waals surface area (Å²) in [7, 11) is 0. The number of nitrogens with two attached hydrogens (primary N) is 1. The Balaban J connectivity index is 1.46. The molecule has 10 heteroatoms. The van der Waals surface area contributed by atoms with Crippen molar-refractivity contribution in [1.82, 2.24) is 5.32 Å². The Hall–Kier alpha value is -3.23. The zero-order valence-electron chi connectivity index (χ0n) is 15.5. The molecule has 30 heavy (non-hydrogen) atoms. The maximum absolute atomic E-state index is 12.2. The lowest BCUT2D eigenvalue weighted by atomic mass is 9.98. The average Bonchev–Trinajstić information content (AvgIpc) is 3.45. The first-order chi connectivity index (χ1) is 14.3. The SMILES string of the molecule is C=C1NC(=O)N(c2cc(Cl)c(Oc3ccc4c(c3)C3(CC3)C(=O)N4)c(Cl)c2)N=C1N. The standard InChI is InChI=1S/C20H15Cl2N5O3/c1-9-17(23)26-27(19(29)24-9)10-6-13(21)16(14(22)7-10)30-11-2-3-15-12(8-11)20(4-5-20)18(28)25-15/h2-3,6-8H,1,4-5H2,(H2,23,26)(H,24,29)(H,25,28). The average molecular weight is 444 g/mol. The molecule has 3 amide bonds. The number of amides is 3. The van der Waals surface area contributed by atoms with Gasteiger partial charge in [0.05, 0.1) is 26.8 Å². The molecular formula is C20H15Cl2N5O3. The van der Waals surface area contributed by atoms with Crippen molar-refractivity contribution in [3.8, 4) is 11.5 Å². The van der Waals surface area contributed by atoms with Crippen molar-refractivity contribution in [2.45, 2.75) is 18.3 Å². The summed E-state index contributed by atoms with van der Waals surface area (Å²) in [5.74, 6) is 0.820. The van der Waals surface area contributed by atoms with E-state index in [-0.39, 0.29) is 33.2 Å². The van der Waals surface area contributed by atoms with Crippen LogP contribution >= 0.6 is 23.2 Å². The topological polar surface area (TPSA) is 109 Å². The van der Waals surface area contributed by atoms with E-state index in [1.54, 1.807) is 12.1 Å². The molecule has 4 N–H and O–H groups in total. The Labute approximate surface area is 181 Å². The number of nitrogens with one attached hydrogen (secondary N) is 2. The number of hydrogen-bond donors (Lipinski definition) is 3. The van der Waals surface area contributed by atoms with Gasteiger partial charge in [-0.1, -0.05) is 29.8 Å². The third-order valence-corrected chi connectivity index (χ3v) is 5.92. The Morgan fingerprint density at radius 1 is 1.13 bits per heavy atom. The van der Waals surface area contributed by atoms with Gasteiger partial charge in [-0.3, -0.25) is 4.79 Å². The maximum Gasteiger partial charge on any atom is 0.347 e. The lowest BCUT2D eigenvalue weighted by Crippen LogP contribution is -2.45. The number of benzene rings is 2. The number of carbonyl (C=O) groups is 2. The molecule has 0 bridgehead atoms. The van der Waals surface area contributed by atoms with Gasteiger partial charge < -0.3 is 21.1 Å². The molecule has 2 aliphatic heterocycles. The van der Waals surface area contributed by atoms with E-state index in [0.717, 1.165) is 29.1 Å². The molecule has 1 spiro atoms. The predicted molar refractivity (Wildman–Crippen MR) is 114 cm³/mol. The molecule has 1 saturated carbocycles. The fourth-order valence-corrected chi connectivity index (χ4v) is 4.15. The van der Waals surface area contributed by atoms with Crippen LogP contribution < -0.4 is 26.1 Å². The number of amidine groups is 1. The Morgan fingerprint density at radius 3 is 2.50 bits per heavy atom. The molecule has 2 aromatic carbocycles. The lowest BCUT2D eigenvalue weighted by Gasteiger charge is -2.24. The van der Waals surface area contributed by atoms with Crippen LogP contribution in [0.15, 0.2) is 47.7 Å². The molecule has 1 fully saturated rings. The van der Waals surface area contributed by atoms with Gasteiger partial charge in [0.1, 0.15) is 5.75 Å². The number of ether oxygens (including phenoxy) is 1. The Morgan fingerprint density at radius 2 is 1.83 bits per heavy atom. The molecule has 2 heterocycles. The maximum atomic E-state index is 12.2. The fraction of sp³-hybridized carbons (Fsp3) is 0.150. The van der Waals surface area contributed by atoms with E-state index in [4.69, 9.17) is 33.7 Å². The van der Waals surface area contributed by atoms with Crippen molar-refractivity contribution in [2.24, 2.45) is 10.8 Å². The fourth-order valence-electron chi connectivity index (χ4n) is 3.60. The third-order valence-electron chi connectivity index (χ3n) is 5.35. The number of fused-ring (bicyclic) bond motifs is 2. The van der Waals surface area contributed by atoms with Gasteiger partial charge in [0, 0.05) is 5.69 Å². The number of anilines is 2. The zero-order chi connectivity index (χ0) is 21.2. The van der Waals surface area contributed by atoms with E-state index in [1.807, 2.05) is 6.07 Å². The van der Waals surface area contributed by atoms with Gasteiger partial charge in [0.15, 0.2) is 11.6 Å². The first kappa shape index (κ1) is 18.8. The zero-order valence-corrected chi connectivity index (χ0v) is 17.0. The van der Waals surface area contributed by atoms with E-state index in [9.17, 15) is 9.59 Å². The summed E-state index contributed by atoms with van der Waals surface area (Å²) in [6.45, 7) is 3.60. The molecule has 0 radical (unpaired) electrons. The predicted octanol–water partition coefficient (Wildman–Crippen LogP) is 4.08. The van der Waals surface area contributed by atoms with Crippen molar-refractivity contribution in [1.29, 1.82) is 0 Å². The van der Waals surface area contributed by atoms with Gasteiger partial charge in [0.2, 0.25) is 5.91 Å². The second kappa shape index (κ2) is 6.38. The highest BCUT2D eigenvalue weighted by molar-refractivity contribution is 6.37. The lowest BCUT2D eigenvalue weighted by molar-refractivity contribution is -0.117. The molecule has 0 unspecified atom stereocenters. The molecule has 5 rings (SSSR count). The minimum atomic E-state index is -0.541. The molecule has 0 aromatic heterocycles. The summed E-state index contributed by atoms with van der Waals surface area (Å²) in [5, 5.41) is 10.8. The van der Waals surface area contributed by atoms with Crippen molar-refractivity contribution >= 4 is 52.4 Å². The minimum absolute atomic E-state index is 0.0254. The van der Waals surface area contributed by atoms with Gasteiger partial charge in [-0.05, 0) is 48.7 Å². The molecule has 8 nitrogen and oxygen atoms in total. The third kappa shape index (κ3) is 2.79. The normalized spacial score (nSPS) is 18.7. The smallest absolute Gasteiger partial charge is 0.347 e. The van der Waals surface area contributed by atoms with E-state index >= 15 is 0 Å². The van der Waals surface area contributed by atoms with Crippen LogP contribution in [0.4, 0.5) is 16.2 Å². The van der Waals surface area contributed by atoms with Crippen LogP contribution in [0, 0.1) is 0 Å². The number of urea groups is 1. The van der Waals surface area contributed by atoms with Crippen LogP contribution in [0.3, 0.4) is 0 Å². The first-order valence-corrected chi connectivity index (χ1v) is 9.81. The number of hydrazone groups is 1. The molecular weight excluding hydrogens is 429 g/mol. The monoisotopic (exact) mass is 443 g/mol. The highest BCUT2D eigenvalue weighted by atomic mass is 35.5. The van der Waals surface area contributed by atoms with Crippen LogP contribution in [0.25, 0.3) is 0 Å². The van der Waals surface area contributed by atoms with E-state index in [2.05, 4.69) is 22.3 Å². The summed E-state index contributed by atoms with van der Waals surface area (Å²) in [6, 6.07) is 7.81. The molecule has 1 aliphatic carbocycles. The van der Waals surface area contributed by atoms with Crippen molar-refractivity contribution < 1.29 is 14.3 Å². The van der Waals surface area contributed by atoms with Gasteiger partial charge in [0.25, 0.3) is 0 Å². The van der Waals surface area contributed by atoms with Crippen molar-refractivity contribution in [2.75, 3.05) is 10.3 Å². The first-order valence-electron chi connectivity index (χ1n) is 9.06. The number of carbonyl (C=O) groups excluding carboxylic acids is 2. The minimum Gasteiger partial charge on any atom is -0.454 e. The Bertz CT molecular complexity index is 1170. The van der Waals surface area contributed by atoms with Gasteiger partial charge in [-0.15, -0.1) is 5.10 Å². The van der Waals surface area contributed by atoms with Crippen molar-refractivity contribution in [3.05, 3.63) is 58.2 Å². The molecule has 152 valence electrons. The van der Waals surface area contributed by atoms with E-state index in [1.165, 1.54) is 12.1 Å². The Kier molecular flexibility index (Phi) is 4.00. The molecule has 0 atom stereocenters. The van der Waals surface area contributed by atoms with Crippen LogP contribution in [0.2, 0.25) is 10.0 Å². The second-order valence-electron chi connectivity index (χ2n) is 7.29. The summed E-state index contributed by atoms with van der Waals surface area (Å²) < 4.78 is 5.93. The summed E-state index contributed by atoms with van der Waals surface area (Å²) in [4.78, 5) is 24.4. The van der Waals surface area contributed by atoms with Gasteiger partial charge in [-0.25, -0.2) is 4.79 Å². The summed E-state index contributed by atoms with van der Waals surface area (Å²) >= 11 is 12.8. The van der Waals surface area contributed by atoms with Gasteiger partial charge >= 0.3 is 6.03 Å². The summed E-state index contributed by atoms with van der Waals surface area (Å²) in [5.41, 5.74) is 7.54. The summed E-state index contributed by atoms with van der Waals surface area (Å²) in [6.07, 6.45) is 1.64. The number of hydrogen-bond acceptors (Lipinski definition) is 5. The second-order valence-corrected chi connectivity index (χ2v) is 8.10.